The third kappa shape index (κ3) is 6.52. The topological polar surface area (TPSA) is 37.3 Å². The lowest BCUT2D eigenvalue weighted by molar-refractivity contribution is -0.107. The highest BCUT2D eigenvalue weighted by atomic mass is 16.3. The van der Waals surface area contributed by atoms with Crippen LogP contribution in [0, 0.1) is 5.92 Å². The summed E-state index contributed by atoms with van der Waals surface area (Å²) >= 11 is 0. The molecule has 0 saturated heterocycles. The van der Waals surface area contributed by atoms with Crippen molar-refractivity contribution in [2.75, 3.05) is 0 Å². The summed E-state index contributed by atoms with van der Waals surface area (Å²) in [4.78, 5) is 10.00. The van der Waals surface area contributed by atoms with Gasteiger partial charge in [0.2, 0.25) is 0 Å². The largest absolute Gasteiger partial charge is 0.389 e. The summed E-state index contributed by atoms with van der Waals surface area (Å²) in [5, 5.41) is 9.57. The fourth-order valence-corrected chi connectivity index (χ4v) is 1.16. The molecule has 0 aromatic heterocycles. The number of unbranched alkanes of at least 4 members (excludes halogenated alkanes) is 1. The van der Waals surface area contributed by atoms with Gasteiger partial charge in [-0.15, -0.1) is 0 Å². The quantitative estimate of drug-likeness (QED) is 0.487. The molecular weight excluding hydrogens is 164 g/mol. The molecular formula is C11H20O2. The van der Waals surface area contributed by atoms with Gasteiger partial charge in [-0.05, 0) is 12.3 Å². The number of allylic oxidation sites excluding steroid dienone is 1. The van der Waals surface area contributed by atoms with Gasteiger partial charge in [-0.2, -0.15) is 0 Å². The van der Waals surface area contributed by atoms with Gasteiger partial charge in [0.05, 0.1) is 6.10 Å². The van der Waals surface area contributed by atoms with Crippen LogP contribution in [0.5, 0.6) is 0 Å². The number of carbonyl (C=O) groups is 1. The second kappa shape index (κ2) is 7.99. The molecule has 0 aromatic rings. The van der Waals surface area contributed by atoms with Crippen molar-refractivity contribution >= 4 is 6.29 Å². The normalized spacial score (nSPS) is 15.9. The first-order chi connectivity index (χ1) is 6.22. The van der Waals surface area contributed by atoms with Gasteiger partial charge in [-0.1, -0.05) is 38.8 Å². The second-order valence-electron chi connectivity index (χ2n) is 3.44. The molecule has 0 radical (unpaired) electrons. The SMILES string of the molecule is CCCCC(C)C(O)C=CCC=O. The first kappa shape index (κ1) is 12.4. The van der Waals surface area contributed by atoms with Gasteiger partial charge in [0.1, 0.15) is 6.29 Å². The third-order valence-electron chi connectivity index (χ3n) is 2.16. The molecule has 2 nitrogen and oxygen atoms in total. The number of hydrogen-bond acceptors (Lipinski definition) is 2. The van der Waals surface area contributed by atoms with Crippen LogP contribution in [0.1, 0.15) is 39.5 Å². The van der Waals surface area contributed by atoms with E-state index in [9.17, 15) is 9.90 Å². The highest BCUT2D eigenvalue weighted by Crippen LogP contribution is 2.13. The van der Waals surface area contributed by atoms with Crippen molar-refractivity contribution < 1.29 is 9.90 Å². The molecule has 0 saturated carbocycles. The Morgan fingerprint density at radius 1 is 1.46 bits per heavy atom. The molecule has 0 aliphatic rings. The number of rotatable bonds is 7. The summed E-state index contributed by atoms with van der Waals surface area (Å²) in [6.45, 7) is 4.17. The van der Waals surface area contributed by atoms with E-state index in [2.05, 4.69) is 6.92 Å². The van der Waals surface area contributed by atoms with Gasteiger partial charge >= 0.3 is 0 Å². The number of aldehydes is 1. The van der Waals surface area contributed by atoms with Gasteiger partial charge in [0.25, 0.3) is 0 Å². The molecule has 76 valence electrons. The van der Waals surface area contributed by atoms with Crippen LogP contribution < -0.4 is 0 Å². The molecule has 0 fully saturated rings. The van der Waals surface area contributed by atoms with Crippen molar-refractivity contribution in [1.29, 1.82) is 0 Å². The average Bonchev–Trinajstić information content (AvgIpc) is 2.14. The monoisotopic (exact) mass is 184 g/mol. The van der Waals surface area contributed by atoms with Crippen LogP contribution in [0.2, 0.25) is 0 Å². The van der Waals surface area contributed by atoms with E-state index in [1.54, 1.807) is 12.2 Å². The predicted octanol–water partition coefficient (Wildman–Crippen LogP) is 2.32. The first-order valence-electron chi connectivity index (χ1n) is 5.00. The van der Waals surface area contributed by atoms with E-state index < -0.39 is 6.10 Å². The van der Waals surface area contributed by atoms with E-state index >= 15 is 0 Å². The highest BCUT2D eigenvalue weighted by molar-refractivity contribution is 5.51. The van der Waals surface area contributed by atoms with Gasteiger partial charge < -0.3 is 9.90 Å². The Morgan fingerprint density at radius 3 is 2.69 bits per heavy atom. The minimum absolute atomic E-state index is 0.294. The van der Waals surface area contributed by atoms with Crippen molar-refractivity contribution in [2.24, 2.45) is 5.92 Å². The van der Waals surface area contributed by atoms with E-state index in [-0.39, 0.29) is 0 Å². The highest BCUT2D eigenvalue weighted by Gasteiger charge is 2.09. The van der Waals surface area contributed by atoms with Crippen LogP contribution >= 0.6 is 0 Å². The van der Waals surface area contributed by atoms with Gasteiger partial charge in [0.15, 0.2) is 0 Å². The first-order valence-corrected chi connectivity index (χ1v) is 5.00. The van der Waals surface area contributed by atoms with Crippen molar-refractivity contribution in [3.8, 4) is 0 Å². The lowest BCUT2D eigenvalue weighted by Crippen LogP contribution is -2.14. The van der Waals surface area contributed by atoms with E-state index in [4.69, 9.17) is 0 Å². The zero-order valence-corrected chi connectivity index (χ0v) is 8.57. The molecule has 0 heterocycles. The fraction of sp³-hybridized carbons (Fsp3) is 0.727. The summed E-state index contributed by atoms with van der Waals surface area (Å²) in [6, 6.07) is 0. The zero-order chi connectivity index (χ0) is 10.1. The molecule has 0 amide bonds. The Labute approximate surface area is 80.7 Å². The fourth-order valence-electron chi connectivity index (χ4n) is 1.16. The number of hydrogen-bond donors (Lipinski definition) is 1. The summed E-state index contributed by atoms with van der Waals surface area (Å²) in [6.07, 6.45) is 7.64. The smallest absolute Gasteiger partial charge is 0.123 e. The van der Waals surface area contributed by atoms with Crippen molar-refractivity contribution in [2.45, 2.75) is 45.6 Å². The van der Waals surface area contributed by atoms with Crippen molar-refractivity contribution in [3.63, 3.8) is 0 Å². The van der Waals surface area contributed by atoms with Crippen molar-refractivity contribution in [3.05, 3.63) is 12.2 Å². The Kier molecular flexibility index (Phi) is 7.60. The maximum atomic E-state index is 10.00. The average molecular weight is 184 g/mol. The summed E-state index contributed by atoms with van der Waals surface area (Å²) < 4.78 is 0. The summed E-state index contributed by atoms with van der Waals surface area (Å²) in [7, 11) is 0. The van der Waals surface area contributed by atoms with E-state index in [0.29, 0.717) is 12.3 Å². The molecule has 0 aliphatic carbocycles. The molecule has 2 atom stereocenters. The van der Waals surface area contributed by atoms with Gasteiger partial charge in [-0.25, -0.2) is 0 Å². The minimum atomic E-state index is -0.397. The van der Waals surface area contributed by atoms with E-state index in [1.807, 2.05) is 6.92 Å². The molecule has 0 aromatic carbocycles. The number of carbonyl (C=O) groups excluding carboxylic acids is 1. The number of aliphatic hydroxyl groups excluding tert-OH is 1. The molecule has 0 spiro atoms. The molecule has 1 N–H and O–H groups in total. The lowest BCUT2D eigenvalue weighted by Gasteiger charge is -2.14. The van der Waals surface area contributed by atoms with Crippen LogP contribution in [0.15, 0.2) is 12.2 Å². The summed E-state index contributed by atoms with van der Waals surface area (Å²) in [5.74, 6) is 0.294. The van der Waals surface area contributed by atoms with Crippen LogP contribution in [0.4, 0.5) is 0 Å². The Hall–Kier alpha value is -0.630. The Morgan fingerprint density at radius 2 is 2.15 bits per heavy atom. The molecule has 0 rings (SSSR count). The van der Waals surface area contributed by atoms with E-state index in [1.165, 1.54) is 0 Å². The lowest BCUT2D eigenvalue weighted by atomic mass is 9.98. The van der Waals surface area contributed by atoms with E-state index in [0.717, 1.165) is 25.5 Å². The Balaban J connectivity index is 3.67. The Bertz CT molecular complexity index is 152. The zero-order valence-electron chi connectivity index (χ0n) is 8.57. The second-order valence-corrected chi connectivity index (χ2v) is 3.44. The van der Waals surface area contributed by atoms with Gasteiger partial charge in [-0.3, -0.25) is 0 Å². The minimum Gasteiger partial charge on any atom is -0.389 e. The molecule has 2 unspecified atom stereocenters. The predicted molar refractivity (Wildman–Crippen MR) is 54.5 cm³/mol. The maximum absolute atomic E-state index is 10.00. The van der Waals surface area contributed by atoms with Crippen LogP contribution in [0.25, 0.3) is 0 Å². The van der Waals surface area contributed by atoms with Crippen LogP contribution in [-0.4, -0.2) is 17.5 Å². The third-order valence-corrected chi connectivity index (χ3v) is 2.16. The number of aliphatic hydroxyl groups is 1. The van der Waals surface area contributed by atoms with Crippen LogP contribution in [0.3, 0.4) is 0 Å². The molecule has 2 heteroatoms. The van der Waals surface area contributed by atoms with Crippen molar-refractivity contribution in [1.82, 2.24) is 0 Å². The van der Waals surface area contributed by atoms with Crippen LogP contribution in [-0.2, 0) is 4.79 Å². The molecule has 0 bridgehead atoms. The molecule has 13 heavy (non-hydrogen) atoms. The standard InChI is InChI=1S/C11H20O2/c1-3-4-7-10(2)11(13)8-5-6-9-12/h5,8-11,13H,3-4,6-7H2,1-2H3. The maximum Gasteiger partial charge on any atom is 0.123 e. The molecule has 0 aliphatic heterocycles. The summed E-state index contributed by atoms with van der Waals surface area (Å²) in [5.41, 5.74) is 0. The van der Waals surface area contributed by atoms with Gasteiger partial charge in [0, 0.05) is 6.42 Å².